The average molecular weight is 362 g/mol. The molecule has 0 aliphatic carbocycles. The number of piperidine rings is 1. The number of hydrogen-bond donors (Lipinski definition) is 2. The van der Waals surface area contributed by atoms with Gasteiger partial charge < -0.3 is 20.4 Å². The number of H-pyrrole nitrogens is 1. The van der Waals surface area contributed by atoms with E-state index in [1.807, 2.05) is 0 Å². The third kappa shape index (κ3) is 4.00. The van der Waals surface area contributed by atoms with Crippen molar-refractivity contribution in [2.24, 2.45) is 5.92 Å². The molecule has 144 valence electrons. The number of anilines is 1. The molecule has 0 atom stereocenters. The summed E-state index contributed by atoms with van der Waals surface area (Å²) >= 11 is 0. The van der Waals surface area contributed by atoms with E-state index in [2.05, 4.69) is 40.6 Å². The maximum Gasteiger partial charge on any atom is 0.327 e. The molecule has 3 N–H and O–H groups in total. The summed E-state index contributed by atoms with van der Waals surface area (Å²) in [4.78, 5) is 26.3. The van der Waals surface area contributed by atoms with Gasteiger partial charge in [0.2, 0.25) is 0 Å². The third-order valence-corrected chi connectivity index (χ3v) is 5.18. The number of nitrogens with two attached hydrogens (primary N) is 1. The van der Waals surface area contributed by atoms with E-state index >= 15 is 0 Å². The molecular formula is C18H30N6O2. The Morgan fingerprint density at radius 3 is 2.69 bits per heavy atom. The van der Waals surface area contributed by atoms with Crippen molar-refractivity contribution in [2.75, 3.05) is 25.4 Å². The van der Waals surface area contributed by atoms with Crippen LogP contribution in [-0.4, -0.2) is 50.2 Å². The first-order valence-corrected chi connectivity index (χ1v) is 9.62. The van der Waals surface area contributed by atoms with Crippen LogP contribution in [0.5, 0.6) is 6.01 Å². The average Bonchev–Trinajstić information content (AvgIpc) is 2.92. The Morgan fingerprint density at radius 1 is 1.31 bits per heavy atom. The van der Waals surface area contributed by atoms with Gasteiger partial charge in [-0.05, 0) is 52.1 Å². The van der Waals surface area contributed by atoms with E-state index in [1.165, 1.54) is 0 Å². The van der Waals surface area contributed by atoms with Gasteiger partial charge in [-0.15, -0.1) is 0 Å². The van der Waals surface area contributed by atoms with Gasteiger partial charge in [0.25, 0.3) is 0 Å². The van der Waals surface area contributed by atoms with Crippen LogP contribution >= 0.6 is 0 Å². The van der Waals surface area contributed by atoms with Gasteiger partial charge in [0.1, 0.15) is 5.52 Å². The van der Waals surface area contributed by atoms with Crippen LogP contribution in [0.2, 0.25) is 0 Å². The lowest BCUT2D eigenvalue weighted by molar-refractivity contribution is 0.141. The molecule has 26 heavy (non-hydrogen) atoms. The van der Waals surface area contributed by atoms with Crippen LogP contribution in [-0.2, 0) is 6.54 Å². The minimum absolute atomic E-state index is 0.182. The molecule has 1 saturated heterocycles. The van der Waals surface area contributed by atoms with Gasteiger partial charge in [0, 0.05) is 12.6 Å². The highest BCUT2D eigenvalue weighted by Gasteiger charge is 2.23. The highest BCUT2D eigenvalue weighted by Crippen LogP contribution is 2.23. The second kappa shape index (κ2) is 8.07. The number of nitrogen functional groups attached to an aromatic ring is 1. The second-order valence-electron chi connectivity index (χ2n) is 7.41. The second-order valence-corrected chi connectivity index (χ2v) is 7.41. The van der Waals surface area contributed by atoms with Gasteiger partial charge in [0.15, 0.2) is 11.5 Å². The smallest absolute Gasteiger partial charge is 0.327 e. The van der Waals surface area contributed by atoms with Crippen LogP contribution in [0.4, 0.5) is 5.82 Å². The molecule has 0 spiro atoms. The van der Waals surface area contributed by atoms with Crippen molar-refractivity contribution in [2.45, 2.75) is 59.0 Å². The van der Waals surface area contributed by atoms with Gasteiger partial charge in [-0.1, -0.05) is 13.3 Å². The van der Waals surface area contributed by atoms with Crippen LogP contribution in [0.3, 0.4) is 0 Å². The number of fused-ring (bicyclic) bond motifs is 1. The van der Waals surface area contributed by atoms with E-state index in [-0.39, 0.29) is 17.5 Å². The molecule has 2 aromatic rings. The van der Waals surface area contributed by atoms with Gasteiger partial charge in [-0.25, -0.2) is 4.79 Å². The Bertz CT molecular complexity index is 789. The summed E-state index contributed by atoms with van der Waals surface area (Å²) < 4.78 is 7.28. The van der Waals surface area contributed by atoms with Gasteiger partial charge in [-0.2, -0.15) is 9.97 Å². The van der Waals surface area contributed by atoms with Gasteiger partial charge in [0.05, 0.1) is 6.61 Å². The highest BCUT2D eigenvalue weighted by atomic mass is 16.5. The van der Waals surface area contributed by atoms with Crippen molar-refractivity contribution in [3.63, 3.8) is 0 Å². The number of nitrogens with one attached hydrogen (secondary N) is 1. The van der Waals surface area contributed by atoms with Crippen LogP contribution in [0.25, 0.3) is 11.2 Å². The molecule has 1 aliphatic heterocycles. The summed E-state index contributed by atoms with van der Waals surface area (Å²) in [6.07, 6.45) is 4.12. The van der Waals surface area contributed by atoms with Gasteiger partial charge in [-0.3, -0.25) is 4.57 Å². The predicted octanol–water partition coefficient (Wildman–Crippen LogP) is 2.00. The third-order valence-electron chi connectivity index (χ3n) is 5.18. The van der Waals surface area contributed by atoms with Crippen molar-refractivity contribution in [3.05, 3.63) is 10.5 Å². The maximum atomic E-state index is 12.4. The summed E-state index contributed by atoms with van der Waals surface area (Å²) in [7, 11) is 0. The Labute approximate surface area is 153 Å². The quantitative estimate of drug-likeness (QED) is 0.731. The van der Waals surface area contributed by atoms with Crippen molar-refractivity contribution in [1.82, 2.24) is 24.4 Å². The molecule has 3 rings (SSSR count). The molecule has 1 aliphatic rings. The van der Waals surface area contributed by atoms with Crippen molar-refractivity contribution in [1.29, 1.82) is 0 Å². The number of ether oxygens (including phenoxy) is 1. The summed E-state index contributed by atoms with van der Waals surface area (Å²) in [6, 6.07) is 0.813. The minimum Gasteiger partial charge on any atom is -0.463 e. The fourth-order valence-corrected chi connectivity index (χ4v) is 3.48. The number of aromatic amines is 1. The molecule has 0 aromatic carbocycles. The Hall–Kier alpha value is -2.09. The van der Waals surface area contributed by atoms with Crippen LogP contribution in [0.15, 0.2) is 4.79 Å². The predicted molar refractivity (Wildman–Crippen MR) is 102 cm³/mol. The Balaban J connectivity index is 1.79. The van der Waals surface area contributed by atoms with Crippen LogP contribution in [0, 0.1) is 5.92 Å². The van der Waals surface area contributed by atoms with Crippen molar-refractivity contribution < 1.29 is 4.74 Å². The SMILES string of the molecule is CCCCOc1nc(N)c2[nH]c(=O)n(CC3CCN(C(C)C)CC3)c2n1. The number of nitrogens with zero attached hydrogens (tertiary/aromatic N) is 4. The molecule has 0 unspecified atom stereocenters. The first-order valence-electron chi connectivity index (χ1n) is 9.62. The van der Waals surface area contributed by atoms with Crippen LogP contribution < -0.4 is 16.2 Å². The number of rotatable bonds is 7. The lowest BCUT2D eigenvalue weighted by Gasteiger charge is -2.34. The summed E-state index contributed by atoms with van der Waals surface area (Å²) in [6.45, 7) is 9.88. The minimum atomic E-state index is -0.182. The first-order chi connectivity index (χ1) is 12.5. The fourth-order valence-electron chi connectivity index (χ4n) is 3.48. The molecule has 0 bridgehead atoms. The first kappa shape index (κ1) is 18.7. The standard InChI is InChI=1S/C18H30N6O2/c1-4-5-10-26-17-21-15(19)14-16(22-17)24(18(25)20-14)11-13-6-8-23(9-7-13)12(2)3/h12-13H,4-11H2,1-3H3,(H,20,25)(H2,19,21,22). The lowest BCUT2D eigenvalue weighted by Crippen LogP contribution is -2.39. The van der Waals surface area contributed by atoms with Crippen molar-refractivity contribution >= 4 is 17.0 Å². The Kier molecular flexibility index (Phi) is 5.80. The van der Waals surface area contributed by atoms with E-state index in [0.29, 0.717) is 36.3 Å². The number of hydrogen-bond acceptors (Lipinski definition) is 6. The monoisotopic (exact) mass is 362 g/mol. The lowest BCUT2D eigenvalue weighted by atomic mass is 9.96. The highest BCUT2D eigenvalue weighted by molar-refractivity contribution is 5.81. The molecule has 8 nitrogen and oxygen atoms in total. The van der Waals surface area contributed by atoms with E-state index in [1.54, 1.807) is 4.57 Å². The van der Waals surface area contributed by atoms with Crippen molar-refractivity contribution in [3.8, 4) is 6.01 Å². The molecule has 2 aromatic heterocycles. The molecule has 8 heteroatoms. The Morgan fingerprint density at radius 2 is 2.04 bits per heavy atom. The zero-order chi connectivity index (χ0) is 18.7. The number of unbranched alkanes of at least 4 members (excludes halogenated alkanes) is 1. The molecule has 1 fully saturated rings. The molecule has 0 amide bonds. The summed E-state index contributed by atoms with van der Waals surface area (Å²) in [5.41, 5.74) is 6.86. The van der Waals surface area contributed by atoms with E-state index < -0.39 is 0 Å². The normalized spacial score (nSPS) is 16.6. The van der Waals surface area contributed by atoms with Gasteiger partial charge >= 0.3 is 11.7 Å². The number of aromatic nitrogens is 4. The number of imidazole rings is 1. The molecule has 0 radical (unpaired) electrons. The zero-order valence-electron chi connectivity index (χ0n) is 16.0. The summed E-state index contributed by atoms with van der Waals surface area (Å²) in [5.74, 6) is 0.717. The summed E-state index contributed by atoms with van der Waals surface area (Å²) in [5, 5.41) is 0. The van der Waals surface area contributed by atoms with E-state index in [9.17, 15) is 4.79 Å². The van der Waals surface area contributed by atoms with E-state index in [0.717, 1.165) is 38.8 Å². The zero-order valence-corrected chi connectivity index (χ0v) is 16.0. The molecule has 3 heterocycles. The van der Waals surface area contributed by atoms with Crippen LogP contribution in [0.1, 0.15) is 46.5 Å². The fraction of sp³-hybridized carbons (Fsp3) is 0.722. The van der Waals surface area contributed by atoms with E-state index in [4.69, 9.17) is 10.5 Å². The topological polar surface area (TPSA) is 102 Å². The largest absolute Gasteiger partial charge is 0.463 e. The maximum absolute atomic E-state index is 12.4. The molecular weight excluding hydrogens is 332 g/mol. The number of likely N-dealkylation sites (tertiary alicyclic amines) is 1. The molecule has 0 saturated carbocycles.